The lowest BCUT2D eigenvalue weighted by Gasteiger charge is -2.24. The first-order chi connectivity index (χ1) is 25.8. The summed E-state index contributed by atoms with van der Waals surface area (Å²) < 4.78 is 21.8. The molecule has 0 atom stereocenters. The third kappa shape index (κ3) is 7.97. The van der Waals surface area contributed by atoms with Crippen molar-refractivity contribution in [3.63, 3.8) is 0 Å². The lowest BCUT2D eigenvalue weighted by molar-refractivity contribution is -0.149. The lowest BCUT2D eigenvalue weighted by Crippen LogP contribution is -2.30. The monoisotopic (exact) mass is 726 g/mol. The first-order valence-electron chi connectivity index (χ1n) is 17.5. The number of benzene rings is 4. The molecule has 6 rings (SSSR count). The van der Waals surface area contributed by atoms with Crippen molar-refractivity contribution >= 4 is 35.0 Å². The van der Waals surface area contributed by atoms with E-state index in [0.29, 0.717) is 11.1 Å². The molecule has 276 valence electrons. The normalized spacial score (nSPS) is 12.7. The van der Waals surface area contributed by atoms with Gasteiger partial charge in [0.15, 0.2) is 0 Å². The summed E-state index contributed by atoms with van der Waals surface area (Å²) in [4.78, 5) is 51.0. The Hall–Kier alpha value is -6.42. The van der Waals surface area contributed by atoms with Crippen molar-refractivity contribution in [1.82, 2.24) is 0 Å². The molecule has 2 aliphatic rings. The molecule has 54 heavy (non-hydrogen) atoms. The number of hydrogen-bond donors (Lipinski definition) is 2. The summed E-state index contributed by atoms with van der Waals surface area (Å²) in [5.74, 6) is -2.91. The molecule has 10 nitrogen and oxygen atoms in total. The van der Waals surface area contributed by atoms with Crippen LogP contribution in [0, 0.1) is 10.8 Å². The molecule has 0 unspecified atom stereocenters. The maximum absolute atomic E-state index is 13.1. The number of fused-ring (bicyclic) bond motifs is 6. The quantitative estimate of drug-likeness (QED) is 0.0804. The smallest absolute Gasteiger partial charge is 0.354 e. The Morgan fingerprint density at radius 1 is 0.444 bits per heavy atom. The summed E-state index contributed by atoms with van der Waals surface area (Å²) in [6.07, 6.45) is 1.91. The Labute approximate surface area is 314 Å². The van der Waals surface area contributed by atoms with Crippen LogP contribution in [0.4, 0.5) is 0 Å². The van der Waals surface area contributed by atoms with E-state index in [1.54, 1.807) is 27.7 Å². The topological polar surface area (TPSA) is 157 Å². The van der Waals surface area contributed by atoms with Crippen molar-refractivity contribution in [3.8, 4) is 22.3 Å². The summed E-state index contributed by atoms with van der Waals surface area (Å²) in [6, 6.07) is 30.9. The van der Waals surface area contributed by atoms with Crippen molar-refractivity contribution in [3.05, 3.63) is 143 Å². The molecule has 4 aromatic carbocycles. The largest absolute Gasteiger partial charge is 0.462 e. The SMILES string of the molecule is CC(C)(COC(=O)/C=C/C(=O)OCC(C)(C)COC(=O)C(N)=C1c2ccccc2-c2ccccc21)COC(=O)C(N)=C1c2ccccc2-c2ccccc21. The highest BCUT2D eigenvalue weighted by molar-refractivity contribution is 6.10. The number of carbonyl (C=O) groups is 4. The third-order valence-electron chi connectivity index (χ3n) is 9.10. The maximum atomic E-state index is 13.1. The number of ether oxygens (including phenoxy) is 4. The molecule has 0 saturated heterocycles. The summed E-state index contributed by atoms with van der Waals surface area (Å²) in [5.41, 5.74) is 19.8. The highest BCUT2D eigenvalue weighted by Gasteiger charge is 2.31. The summed E-state index contributed by atoms with van der Waals surface area (Å²) in [5, 5.41) is 0. The number of nitrogens with two attached hydrogens (primary N) is 2. The van der Waals surface area contributed by atoms with E-state index in [9.17, 15) is 19.2 Å². The van der Waals surface area contributed by atoms with Crippen LogP contribution < -0.4 is 11.5 Å². The third-order valence-corrected chi connectivity index (χ3v) is 9.10. The van der Waals surface area contributed by atoms with Gasteiger partial charge in [0.25, 0.3) is 0 Å². The van der Waals surface area contributed by atoms with Gasteiger partial charge in [-0.2, -0.15) is 0 Å². The molecule has 0 fully saturated rings. The fraction of sp³-hybridized carbons (Fsp3) is 0.227. The standard InChI is InChI=1S/C44H42N2O8/c1-43(2,25-53-41(49)39(45)37-31-17-9-5-13-27(31)28-14-6-10-18-32(28)37)23-51-35(47)21-22-36(48)52-24-44(3,4)26-54-42(50)40(46)38-33-19-11-7-15-29(33)30-16-8-12-20-34(30)38/h5-22H,23-26,45-46H2,1-4H3/b22-21+. The summed E-state index contributed by atoms with van der Waals surface area (Å²) in [7, 11) is 0. The molecule has 0 aliphatic heterocycles. The Bertz CT molecular complexity index is 1990. The van der Waals surface area contributed by atoms with E-state index in [4.69, 9.17) is 30.4 Å². The van der Waals surface area contributed by atoms with E-state index >= 15 is 0 Å². The van der Waals surface area contributed by atoms with Crippen LogP contribution in [0.15, 0.2) is 121 Å². The van der Waals surface area contributed by atoms with Crippen LogP contribution in [0.3, 0.4) is 0 Å². The van der Waals surface area contributed by atoms with Crippen LogP contribution >= 0.6 is 0 Å². The average molecular weight is 727 g/mol. The Morgan fingerprint density at radius 3 is 0.963 bits per heavy atom. The van der Waals surface area contributed by atoms with E-state index in [1.165, 1.54) is 0 Å². The predicted molar refractivity (Wildman–Crippen MR) is 205 cm³/mol. The fourth-order valence-electron chi connectivity index (χ4n) is 6.34. The van der Waals surface area contributed by atoms with Crippen LogP contribution in [0.2, 0.25) is 0 Å². The maximum Gasteiger partial charge on any atom is 0.354 e. The summed E-state index contributed by atoms with van der Waals surface area (Å²) in [6.45, 7) is 6.69. The van der Waals surface area contributed by atoms with Gasteiger partial charge in [-0.25, -0.2) is 19.2 Å². The lowest BCUT2D eigenvalue weighted by atomic mass is 9.96. The minimum absolute atomic E-state index is 0.00849. The van der Waals surface area contributed by atoms with Gasteiger partial charge in [0.2, 0.25) is 0 Å². The number of hydrogen-bond acceptors (Lipinski definition) is 10. The molecule has 0 radical (unpaired) electrons. The molecular weight excluding hydrogens is 684 g/mol. The average Bonchev–Trinajstić information content (AvgIpc) is 3.69. The highest BCUT2D eigenvalue weighted by atomic mass is 16.6. The van der Waals surface area contributed by atoms with Gasteiger partial charge in [-0.05, 0) is 44.5 Å². The van der Waals surface area contributed by atoms with E-state index in [0.717, 1.165) is 56.7 Å². The molecule has 4 aromatic rings. The molecule has 0 saturated carbocycles. The van der Waals surface area contributed by atoms with Crippen molar-refractivity contribution in [2.24, 2.45) is 22.3 Å². The second kappa shape index (κ2) is 15.3. The van der Waals surface area contributed by atoms with Crippen molar-refractivity contribution in [2.75, 3.05) is 26.4 Å². The zero-order chi connectivity index (χ0) is 38.6. The van der Waals surface area contributed by atoms with Crippen LogP contribution in [-0.4, -0.2) is 50.3 Å². The Morgan fingerprint density at radius 2 is 0.685 bits per heavy atom. The highest BCUT2D eigenvalue weighted by Crippen LogP contribution is 2.46. The van der Waals surface area contributed by atoms with Crippen molar-refractivity contribution < 1.29 is 38.1 Å². The van der Waals surface area contributed by atoms with Gasteiger partial charge in [-0.1, -0.05) is 125 Å². The molecule has 0 bridgehead atoms. The predicted octanol–water partition coefficient (Wildman–Crippen LogP) is 6.57. The van der Waals surface area contributed by atoms with Gasteiger partial charge in [-0.3, -0.25) is 0 Å². The number of carbonyl (C=O) groups excluding carboxylic acids is 4. The van der Waals surface area contributed by atoms with Gasteiger partial charge >= 0.3 is 23.9 Å². The van der Waals surface area contributed by atoms with Gasteiger partial charge in [0.1, 0.15) is 24.6 Å². The number of rotatable bonds is 12. The van der Waals surface area contributed by atoms with Crippen molar-refractivity contribution in [2.45, 2.75) is 27.7 Å². The van der Waals surface area contributed by atoms with E-state index in [2.05, 4.69) is 0 Å². The van der Waals surface area contributed by atoms with Crippen LogP contribution in [0.1, 0.15) is 49.9 Å². The zero-order valence-corrected chi connectivity index (χ0v) is 30.6. The fourth-order valence-corrected chi connectivity index (χ4v) is 6.34. The van der Waals surface area contributed by atoms with E-state index in [1.807, 2.05) is 97.1 Å². The van der Waals surface area contributed by atoms with Gasteiger partial charge in [0, 0.05) is 34.1 Å². The van der Waals surface area contributed by atoms with Crippen LogP contribution in [-0.2, 0) is 38.1 Å². The van der Waals surface area contributed by atoms with E-state index < -0.39 is 34.7 Å². The van der Waals surface area contributed by atoms with Crippen molar-refractivity contribution in [1.29, 1.82) is 0 Å². The molecule has 0 amide bonds. The van der Waals surface area contributed by atoms with E-state index in [-0.39, 0.29) is 37.8 Å². The second-order valence-corrected chi connectivity index (χ2v) is 14.8. The minimum atomic E-state index is -0.779. The first kappa shape index (κ1) is 37.3. The molecule has 10 heteroatoms. The zero-order valence-electron chi connectivity index (χ0n) is 30.6. The van der Waals surface area contributed by atoms with Gasteiger partial charge < -0.3 is 30.4 Å². The van der Waals surface area contributed by atoms with Crippen LogP contribution in [0.25, 0.3) is 33.4 Å². The second-order valence-electron chi connectivity index (χ2n) is 14.8. The Balaban J connectivity index is 0.955. The minimum Gasteiger partial charge on any atom is -0.462 e. The molecule has 0 aromatic heterocycles. The number of esters is 4. The Kier molecular flexibility index (Phi) is 10.6. The summed E-state index contributed by atoms with van der Waals surface area (Å²) >= 11 is 0. The molecule has 0 spiro atoms. The van der Waals surface area contributed by atoms with Crippen LogP contribution in [0.5, 0.6) is 0 Å². The molecule has 4 N–H and O–H groups in total. The molecule has 0 heterocycles. The first-order valence-corrected chi connectivity index (χ1v) is 17.5. The molecular formula is C44H42N2O8. The van der Waals surface area contributed by atoms with Gasteiger partial charge in [-0.15, -0.1) is 0 Å². The van der Waals surface area contributed by atoms with Gasteiger partial charge in [0.05, 0.1) is 13.2 Å². The molecule has 2 aliphatic carbocycles.